The van der Waals surface area contributed by atoms with Crippen molar-refractivity contribution in [3.8, 4) is 11.5 Å². The molecule has 0 bridgehead atoms. The van der Waals surface area contributed by atoms with Gasteiger partial charge in [0.15, 0.2) is 16.7 Å². The van der Waals surface area contributed by atoms with Crippen LogP contribution in [-0.2, 0) is 16.1 Å². The van der Waals surface area contributed by atoms with E-state index >= 15 is 0 Å². The Bertz CT molecular complexity index is 1440. The minimum atomic E-state index is -0.274. The molecule has 1 aliphatic rings. The molecule has 1 amide bonds. The van der Waals surface area contributed by atoms with E-state index in [2.05, 4.69) is 5.32 Å². The average molecular weight is 496 g/mol. The van der Waals surface area contributed by atoms with Crippen LogP contribution in [0, 0.1) is 0 Å². The highest BCUT2D eigenvalue weighted by atomic mass is 32.2. The summed E-state index contributed by atoms with van der Waals surface area (Å²) in [6.45, 7) is 1.04. The molecule has 0 radical (unpaired) electrons. The second-order valence-corrected chi connectivity index (χ2v) is 9.07. The van der Waals surface area contributed by atoms with Gasteiger partial charge in [-0.05, 0) is 37.1 Å². The van der Waals surface area contributed by atoms with Gasteiger partial charge in [0.05, 0.1) is 32.6 Å². The summed E-state index contributed by atoms with van der Waals surface area (Å²) >= 11 is 1.20. The number of nitrogens with zero attached hydrogens (tertiary/aromatic N) is 2. The van der Waals surface area contributed by atoms with Crippen LogP contribution in [0.25, 0.3) is 22.1 Å². The molecule has 5 rings (SSSR count). The molecule has 1 aliphatic heterocycles. The number of hydrogen-bond acceptors (Lipinski definition) is 8. The lowest BCUT2D eigenvalue weighted by Crippen LogP contribution is -2.29. The lowest BCUT2D eigenvalue weighted by Gasteiger charge is -2.15. The number of hydrogen-bond donors (Lipinski definition) is 1. The quantitative estimate of drug-likeness (QED) is 0.288. The van der Waals surface area contributed by atoms with Crippen molar-refractivity contribution in [2.24, 2.45) is 0 Å². The smallest absolute Gasteiger partial charge is 0.297 e. The number of nitrogens with one attached hydrogen (secondary N) is 1. The van der Waals surface area contributed by atoms with Crippen LogP contribution in [0.1, 0.15) is 12.8 Å². The third kappa shape index (κ3) is 4.71. The van der Waals surface area contributed by atoms with Crippen LogP contribution in [-0.4, -0.2) is 48.1 Å². The van der Waals surface area contributed by atoms with Gasteiger partial charge in [-0.15, -0.1) is 0 Å². The Morgan fingerprint density at radius 3 is 2.80 bits per heavy atom. The van der Waals surface area contributed by atoms with E-state index in [0.717, 1.165) is 18.2 Å². The van der Waals surface area contributed by atoms with Crippen LogP contribution in [0.2, 0.25) is 0 Å². The average Bonchev–Trinajstić information content (AvgIpc) is 3.52. The maximum Gasteiger partial charge on any atom is 0.297 e. The Hall–Kier alpha value is -3.50. The molecule has 35 heavy (non-hydrogen) atoms. The fourth-order valence-electron chi connectivity index (χ4n) is 4.16. The number of carbonyl (C=O) groups excluding carboxylic acids is 1. The van der Waals surface area contributed by atoms with Gasteiger partial charge in [0.2, 0.25) is 11.5 Å². The summed E-state index contributed by atoms with van der Waals surface area (Å²) in [6.07, 6.45) is 1.75. The normalized spacial score (nSPS) is 15.5. The molecule has 0 aliphatic carbocycles. The van der Waals surface area contributed by atoms with Crippen LogP contribution >= 0.6 is 11.8 Å². The van der Waals surface area contributed by atoms with E-state index in [1.54, 1.807) is 29.9 Å². The zero-order chi connectivity index (χ0) is 24.4. The highest BCUT2D eigenvalue weighted by molar-refractivity contribution is 7.99. The van der Waals surface area contributed by atoms with E-state index in [1.165, 1.54) is 18.9 Å². The van der Waals surface area contributed by atoms with Crippen molar-refractivity contribution >= 4 is 45.4 Å². The van der Waals surface area contributed by atoms with Crippen LogP contribution in [0.15, 0.2) is 56.8 Å². The molecule has 2 aromatic carbocycles. The van der Waals surface area contributed by atoms with Crippen molar-refractivity contribution < 1.29 is 23.4 Å². The van der Waals surface area contributed by atoms with Crippen molar-refractivity contribution in [1.82, 2.24) is 9.55 Å². The molecule has 4 aromatic rings. The lowest BCUT2D eigenvalue weighted by molar-refractivity contribution is -0.113. The maximum absolute atomic E-state index is 13.4. The number of para-hydroxylation sites is 1. The van der Waals surface area contributed by atoms with Gasteiger partial charge in [-0.1, -0.05) is 23.9 Å². The van der Waals surface area contributed by atoms with Gasteiger partial charge in [0.1, 0.15) is 11.1 Å². The Morgan fingerprint density at radius 1 is 1.20 bits per heavy atom. The van der Waals surface area contributed by atoms with E-state index in [-0.39, 0.29) is 28.9 Å². The Kier molecular flexibility index (Phi) is 6.65. The topological polar surface area (TPSA) is 105 Å². The standard InChI is InChI=1S/C25H25N3O6S/c1-31-19-10-9-15(12-20(19)32-2)26-21(29)14-35-25-27-22-17-7-3-4-8-18(17)34-23(22)24(30)28(25)13-16-6-5-11-33-16/h3-4,7-10,12,16H,5-6,11,13-14H2,1-2H3,(H,26,29)/t16-/m0/s1. The first-order valence-electron chi connectivity index (χ1n) is 11.3. The molecule has 1 atom stereocenters. The van der Waals surface area contributed by atoms with E-state index in [4.69, 9.17) is 23.6 Å². The third-order valence-corrected chi connectivity index (χ3v) is 6.83. The predicted molar refractivity (Wildman–Crippen MR) is 134 cm³/mol. The van der Waals surface area contributed by atoms with Gasteiger partial charge in [-0.25, -0.2) is 4.98 Å². The molecule has 2 aromatic heterocycles. The molecular weight excluding hydrogens is 470 g/mol. The van der Waals surface area contributed by atoms with Gasteiger partial charge in [0.25, 0.3) is 5.56 Å². The predicted octanol–water partition coefficient (Wildman–Crippen LogP) is 4.07. The summed E-state index contributed by atoms with van der Waals surface area (Å²) in [4.78, 5) is 30.9. The van der Waals surface area contributed by atoms with Gasteiger partial charge < -0.3 is 23.9 Å². The van der Waals surface area contributed by atoms with E-state index in [0.29, 0.717) is 46.6 Å². The van der Waals surface area contributed by atoms with Crippen LogP contribution in [0.5, 0.6) is 11.5 Å². The van der Waals surface area contributed by atoms with E-state index in [9.17, 15) is 9.59 Å². The summed E-state index contributed by atoms with van der Waals surface area (Å²) in [7, 11) is 3.09. The monoisotopic (exact) mass is 495 g/mol. The molecule has 3 heterocycles. The molecule has 1 fully saturated rings. The maximum atomic E-state index is 13.4. The van der Waals surface area contributed by atoms with E-state index in [1.807, 2.05) is 24.3 Å². The number of furan rings is 1. The minimum absolute atomic E-state index is 0.0631. The third-order valence-electron chi connectivity index (χ3n) is 5.86. The number of rotatable bonds is 8. The van der Waals surface area contributed by atoms with Crippen molar-refractivity contribution in [3.05, 3.63) is 52.8 Å². The summed E-state index contributed by atoms with van der Waals surface area (Å²) in [5.74, 6) is 0.913. The van der Waals surface area contributed by atoms with Gasteiger partial charge in [-0.3, -0.25) is 14.2 Å². The number of thioether (sulfide) groups is 1. The summed E-state index contributed by atoms with van der Waals surface area (Å²) in [6, 6.07) is 12.6. The molecule has 0 spiro atoms. The molecule has 0 saturated carbocycles. The number of ether oxygens (including phenoxy) is 3. The molecule has 10 heteroatoms. The van der Waals surface area contributed by atoms with Gasteiger partial charge >= 0.3 is 0 Å². The number of carbonyl (C=O) groups is 1. The minimum Gasteiger partial charge on any atom is -0.493 e. The number of methoxy groups -OCH3 is 2. The van der Waals surface area contributed by atoms with Crippen molar-refractivity contribution in [2.75, 3.05) is 31.9 Å². The largest absolute Gasteiger partial charge is 0.493 e. The lowest BCUT2D eigenvalue weighted by atomic mass is 10.2. The SMILES string of the molecule is COc1ccc(NC(=O)CSc2nc3c(oc4ccccc43)c(=O)n2C[C@@H]2CCCO2)cc1OC. The second kappa shape index (κ2) is 10.0. The number of amides is 1. The van der Waals surface area contributed by atoms with Crippen molar-refractivity contribution in [2.45, 2.75) is 30.6 Å². The van der Waals surface area contributed by atoms with Crippen LogP contribution in [0.3, 0.4) is 0 Å². The van der Waals surface area contributed by atoms with E-state index < -0.39 is 0 Å². The highest BCUT2D eigenvalue weighted by Crippen LogP contribution is 2.31. The highest BCUT2D eigenvalue weighted by Gasteiger charge is 2.23. The molecule has 9 nitrogen and oxygen atoms in total. The Morgan fingerprint density at radius 2 is 2.03 bits per heavy atom. The van der Waals surface area contributed by atoms with Gasteiger partial charge in [-0.2, -0.15) is 0 Å². The fourth-order valence-corrected chi connectivity index (χ4v) is 4.96. The molecule has 0 unspecified atom stereocenters. The molecule has 1 N–H and O–H groups in total. The summed E-state index contributed by atoms with van der Waals surface area (Å²) in [5, 5.41) is 4.07. The zero-order valence-electron chi connectivity index (χ0n) is 19.4. The summed E-state index contributed by atoms with van der Waals surface area (Å²) in [5.41, 5.74) is 1.61. The first-order chi connectivity index (χ1) is 17.1. The molecule has 1 saturated heterocycles. The first-order valence-corrected chi connectivity index (χ1v) is 12.2. The Labute approximate surface area is 205 Å². The van der Waals surface area contributed by atoms with Crippen LogP contribution < -0.4 is 20.3 Å². The first kappa shape index (κ1) is 23.3. The fraction of sp³-hybridized carbons (Fsp3) is 0.320. The van der Waals surface area contributed by atoms with Gasteiger partial charge in [0, 0.05) is 23.7 Å². The Balaban J connectivity index is 1.42. The van der Waals surface area contributed by atoms with Crippen molar-refractivity contribution in [3.63, 3.8) is 0 Å². The number of aromatic nitrogens is 2. The van der Waals surface area contributed by atoms with Crippen molar-refractivity contribution in [1.29, 1.82) is 0 Å². The second-order valence-electron chi connectivity index (χ2n) is 8.13. The molecule has 182 valence electrons. The number of fused-ring (bicyclic) bond motifs is 3. The molecular formula is C25H25N3O6S. The van der Waals surface area contributed by atoms with Crippen LogP contribution in [0.4, 0.5) is 5.69 Å². The number of benzene rings is 2. The zero-order valence-corrected chi connectivity index (χ0v) is 20.2. The summed E-state index contributed by atoms with van der Waals surface area (Å²) < 4.78 is 23.7. The number of anilines is 1.